The van der Waals surface area contributed by atoms with Crippen molar-refractivity contribution in [2.24, 2.45) is 0 Å². The minimum Gasteiger partial charge on any atom is -0.496 e. The number of unbranched alkanes of at least 4 members (excludes halogenated alkanes) is 1. The predicted octanol–water partition coefficient (Wildman–Crippen LogP) is 6.44. The molecule has 57 heavy (non-hydrogen) atoms. The maximum Gasteiger partial charge on any atom is 0.306 e. The summed E-state index contributed by atoms with van der Waals surface area (Å²) in [6, 6.07) is 28.0. The maximum absolute atomic E-state index is 12.6. The van der Waals surface area contributed by atoms with Gasteiger partial charge in [-0.05, 0) is 59.7 Å². The predicted molar refractivity (Wildman–Crippen MR) is 212 cm³/mol. The summed E-state index contributed by atoms with van der Waals surface area (Å²) in [6.07, 6.45) is 0.306. The fourth-order valence-electron chi connectivity index (χ4n) is 6.84. The Kier molecular flexibility index (Phi) is 17.6. The molecule has 4 aromatic carbocycles. The van der Waals surface area contributed by atoms with Gasteiger partial charge in [-0.15, -0.1) is 10.1 Å². The highest BCUT2D eigenvalue weighted by Gasteiger charge is 2.37. The van der Waals surface area contributed by atoms with Crippen molar-refractivity contribution in [1.29, 1.82) is 0 Å². The first-order chi connectivity index (χ1) is 27.9. The fourth-order valence-corrected chi connectivity index (χ4v) is 6.84. The second-order valence-corrected chi connectivity index (χ2v) is 13.6. The molecule has 5 rings (SSSR count). The molecule has 1 saturated heterocycles. The van der Waals surface area contributed by atoms with Crippen LogP contribution in [0.3, 0.4) is 0 Å². The molecule has 4 atom stereocenters. The van der Waals surface area contributed by atoms with Gasteiger partial charge < -0.3 is 48.0 Å². The van der Waals surface area contributed by atoms with Crippen LogP contribution in [0.15, 0.2) is 84.9 Å². The Morgan fingerprint density at radius 3 is 2.33 bits per heavy atom. The van der Waals surface area contributed by atoms with Crippen LogP contribution in [0.4, 0.5) is 0 Å². The Morgan fingerprint density at radius 1 is 0.807 bits per heavy atom. The molecule has 0 aromatic heterocycles. The summed E-state index contributed by atoms with van der Waals surface area (Å²) in [5, 5.41) is 15.1. The van der Waals surface area contributed by atoms with Gasteiger partial charge in [0.2, 0.25) is 0 Å². The molecule has 0 aliphatic carbocycles. The van der Waals surface area contributed by atoms with Gasteiger partial charge in [0.05, 0.1) is 72.7 Å². The van der Waals surface area contributed by atoms with Crippen LogP contribution in [-0.2, 0) is 46.5 Å². The van der Waals surface area contributed by atoms with E-state index >= 15 is 0 Å². The van der Waals surface area contributed by atoms with Crippen molar-refractivity contribution in [1.82, 2.24) is 5.32 Å². The highest BCUT2D eigenvalue weighted by molar-refractivity contribution is 5.89. The summed E-state index contributed by atoms with van der Waals surface area (Å²) < 4.78 is 47.3. The van der Waals surface area contributed by atoms with Crippen LogP contribution in [0.1, 0.15) is 48.3 Å². The zero-order chi connectivity index (χ0) is 40.2. The summed E-state index contributed by atoms with van der Waals surface area (Å²) >= 11 is 0. The smallest absolute Gasteiger partial charge is 0.306 e. The summed E-state index contributed by atoms with van der Waals surface area (Å²) in [5.74, 6) is 1.72. The summed E-state index contributed by atoms with van der Waals surface area (Å²) in [4.78, 5) is 27.3. The van der Waals surface area contributed by atoms with Gasteiger partial charge in [-0.2, -0.15) is 0 Å². The minimum atomic E-state index is -0.847. The minimum absolute atomic E-state index is 0.0772. The van der Waals surface area contributed by atoms with Crippen LogP contribution in [0.25, 0.3) is 10.8 Å². The van der Waals surface area contributed by atoms with Gasteiger partial charge in [0.15, 0.2) is 0 Å². The van der Waals surface area contributed by atoms with E-state index in [1.54, 1.807) is 14.2 Å². The number of esters is 1. The molecular formula is C43H54N2O12. The Morgan fingerprint density at radius 2 is 1.56 bits per heavy atom. The third kappa shape index (κ3) is 13.6. The average molecular weight is 791 g/mol. The monoisotopic (exact) mass is 790 g/mol. The van der Waals surface area contributed by atoms with E-state index in [2.05, 4.69) is 22.3 Å². The van der Waals surface area contributed by atoms with E-state index in [4.69, 9.17) is 37.9 Å². The molecular weight excluding hydrogens is 736 g/mol. The maximum atomic E-state index is 12.6. The third-order valence-corrected chi connectivity index (χ3v) is 9.60. The van der Waals surface area contributed by atoms with Crippen molar-refractivity contribution in [3.05, 3.63) is 112 Å². The van der Waals surface area contributed by atoms with E-state index in [0.29, 0.717) is 52.4 Å². The van der Waals surface area contributed by atoms with Crippen LogP contribution in [0.5, 0.6) is 17.2 Å². The lowest BCUT2D eigenvalue weighted by Gasteiger charge is -2.39. The van der Waals surface area contributed by atoms with Crippen LogP contribution < -0.4 is 19.5 Å². The van der Waals surface area contributed by atoms with Crippen LogP contribution >= 0.6 is 0 Å². The lowest BCUT2D eigenvalue weighted by atomic mass is 9.85. The number of carbonyl (C=O) groups is 1. The first kappa shape index (κ1) is 43.1. The molecule has 4 aromatic rings. The number of nitrogens with zero attached hydrogens (tertiary/aromatic N) is 1. The highest BCUT2D eigenvalue weighted by atomic mass is 16.9. The topological polar surface area (TPSA) is 155 Å². The lowest BCUT2D eigenvalue weighted by Crippen LogP contribution is -2.51. The van der Waals surface area contributed by atoms with Crippen molar-refractivity contribution >= 4 is 16.7 Å². The van der Waals surface area contributed by atoms with Gasteiger partial charge >= 0.3 is 5.97 Å². The van der Waals surface area contributed by atoms with E-state index in [1.165, 1.54) is 7.11 Å². The molecule has 14 nitrogen and oxygen atoms in total. The number of methoxy groups -OCH3 is 3. The number of benzene rings is 4. The summed E-state index contributed by atoms with van der Waals surface area (Å²) in [6.45, 7) is 3.17. The second kappa shape index (κ2) is 23.3. The number of rotatable bonds is 25. The zero-order valence-corrected chi connectivity index (χ0v) is 32.9. The largest absolute Gasteiger partial charge is 0.496 e. The van der Waals surface area contributed by atoms with Crippen molar-refractivity contribution < 1.29 is 52.6 Å². The van der Waals surface area contributed by atoms with Gasteiger partial charge in [-0.25, -0.2) is 0 Å². The lowest BCUT2D eigenvalue weighted by molar-refractivity contribution is -0.757. The first-order valence-corrected chi connectivity index (χ1v) is 19.3. The van der Waals surface area contributed by atoms with E-state index in [1.807, 2.05) is 72.8 Å². The molecule has 0 bridgehead atoms. The molecule has 308 valence electrons. The van der Waals surface area contributed by atoms with E-state index in [-0.39, 0.29) is 44.4 Å². The van der Waals surface area contributed by atoms with Crippen molar-refractivity contribution in [3.8, 4) is 17.2 Å². The first-order valence-electron chi connectivity index (χ1n) is 19.3. The number of para-hydroxylation sites is 1. The number of piperidine rings is 1. The average Bonchev–Trinajstić information content (AvgIpc) is 3.23. The van der Waals surface area contributed by atoms with Gasteiger partial charge in [0.25, 0.3) is 5.09 Å². The van der Waals surface area contributed by atoms with Crippen LogP contribution in [0, 0.1) is 10.1 Å². The molecule has 1 aliphatic rings. The summed E-state index contributed by atoms with van der Waals surface area (Å²) in [5.41, 5.74) is 3.01. The molecule has 1 aliphatic heterocycles. The van der Waals surface area contributed by atoms with Crippen LogP contribution in [-0.4, -0.2) is 96.8 Å². The Bertz CT molecular complexity index is 1820. The standard InChI is InChI=1S/C43H54N2O12/c1-49-29-36(57-42(46)15-8-9-22-56-45(47)48)30-55-41-26-44-25-40(54-27-31-23-33-11-4-6-13-37(33)39(24-31)51-3)43(41)32-16-18-35(19-17-32)53-21-10-20-52-28-34-12-5-7-14-38(34)50-2/h4-7,11-14,16-19,23-24,36,40-41,43-44H,8-10,15,20-22,25-30H2,1-3H3. The van der Waals surface area contributed by atoms with E-state index in [9.17, 15) is 14.9 Å². The van der Waals surface area contributed by atoms with Crippen molar-refractivity contribution in [3.63, 3.8) is 0 Å². The Hall–Kier alpha value is -4.99. The van der Waals surface area contributed by atoms with Gasteiger partial charge in [0, 0.05) is 49.9 Å². The SMILES string of the molecule is COCC(COC1CNCC(OCc2cc(OC)c3ccccc3c2)C1c1ccc(OCCCOCc2ccccc2OC)cc1)OC(=O)CCCCO[N+](=O)[O-]. The molecule has 14 heteroatoms. The number of fused-ring (bicyclic) bond motifs is 1. The van der Waals surface area contributed by atoms with Crippen molar-refractivity contribution in [2.75, 3.05) is 67.5 Å². The van der Waals surface area contributed by atoms with Gasteiger partial charge in [-0.1, -0.05) is 54.6 Å². The molecule has 1 fully saturated rings. The molecule has 4 unspecified atom stereocenters. The van der Waals surface area contributed by atoms with E-state index < -0.39 is 17.2 Å². The number of nitrogens with one attached hydrogen (secondary N) is 1. The number of ether oxygens (including phenoxy) is 8. The number of carbonyl (C=O) groups excluding carboxylic acids is 1. The number of hydrogen-bond acceptors (Lipinski definition) is 13. The molecule has 0 amide bonds. The fraction of sp³-hybridized carbons (Fsp3) is 0.465. The Balaban J connectivity index is 1.22. The highest BCUT2D eigenvalue weighted by Crippen LogP contribution is 2.33. The zero-order valence-electron chi connectivity index (χ0n) is 32.9. The molecule has 0 spiro atoms. The van der Waals surface area contributed by atoms with Gasteiger partial charge in [-0.3, -0.25) is 4.79 Å². The molecule has 1 N–H and O–H groups in total. The van der Waals surface area contributed by atoms with Crippen molar-refractivity contribution in [2.45, 2.75) is 63.1 Å². The summed E-state index contributed by atoms with van der Waals surface area (Å²) in [7, 11) is 4.86. The second-order valence-electron chi connectivity index (χ2n) is 13.6. The number of hydrogen-bond donors (Lipinski definition) is 1. The third-order valence-electron chi connectivity index (χ3n) is 9.60. The van der Waals surface area contributed by atoms with Gasteiger partial charge in [0.1, 0.15) is 23.4 Å². The molecule has 0 saturated carbocycles. The van der Waals surface area contributed by atoms with E-state index in [0.717, 1.165) is 51.1 Å². The van der Waals surface area contributed by atoms with Crippen LogP contribution in [0.2, 0.25) is 0 Å². The quantitative estimate of drug-likeness (QED) is 0.0339. The molecule has 0 radical (unpaired) electrons. The Labute approximate surface area is 333 Å². The normalized spacial score (nSPS) is 17.1. The molecule has 1 heterocycles.